The summed E-state index contributed by atoms with van der Waals surface area (Å²) in [4.78, 5) is 13.5. The van der Waals surface area contributed by atoms with Crippen molar-refractivity contribution in [2.45, 2.75) is 24.0 Å². The number of amides is 1. The number of anilines is 1. The lowest BCUT2D eigenvalue weighted by molar-refractivity contribution is 0.102. The first kappa shape index (κ1) is 16.3. The van der Waals surface area contributed by atoms with Gasteiger partial charge in [-0.2, -0.15) is 0 Å². The lowest BCUT2D eigenvalue weighted by Crippen LogP contribution is -2.13. The van der Waals surface area contributed by atoms with Gasteiger partial charge in [0.15, 0.2) is 0 Å². The summed E-state index contributed by atoms with van der Waals surface area (Å²) in [5.74, 6) is 0.329. The molecule has 3 rings (SSSR count). The Bertz CT molecular complexity index is 815. The molecule has 0 aliphatic heterocycles. The van der Waals surface area contributed by atoms with Gasteiger partial charge in [-0.3, -0.25) is 4.79 Å². The van der Waals surface area contributed by atoms with Crippen LogP contribution in [0.15, 0.2) is 64.2 Å². The number of carbonyl (C=O) groups excluding carboxylic acids is 1. The molecule has 3 aromatic rings. The van der Waals surface area contributed by atoms with Crippen molar-refractivity contribution in [1.29, 1.82) is 0 Å². The molecule has 1 amide bonds. The Morgan fingerprint density at radius 1 is 1.12 bits per heavy atom. The van der Waals surface area contributed by atoms with Crippen LogP contribution in [0.1, 0.15) is 24.2 Å². The largest absolute Gasteiger partial charge is 0.423 e. The molecule has 5 nitrogen and oxygen atoms in total. The van der Waals surface area contributed by atoms with E-state index < -0.39 is 0 Å². The minimum absolute atomic E-state index is 0.121. The summed E-state index contributed by atoms with van der Waals surface area (Å²) in [5, 5.41) is 10.8. The van der Waals surface area contributed by atoms with E-state index in [0.717, 1.165) is 10.5 Å². The highest BCUT2D eigenvalue weighted by Crippen LogP contribution is 2.27. The van der Waals surface area contributed by atoms with Crippen LogP contribution in [-0.4, -0.2) is 21.4 Å². The van der Waals surface area contributed by atoms with Gasteiger partial charge in [0.25, 0.3) is 5.91 Å². The van der Waals surface area contributed by atoms with Crippen LogP contribution in [0, 0.1) is 0 Å². The Morgan fingerprint density at radius 3 is 2.54 bits per heavy atom. The van der Waals surface area contributed by atoms with Crippen LogP contribution in [-0.2, 0) is 0 Å². The Kier molecular flexibility index (Phi) is 4.96. The molecule has 1 aromatic heterocycles. The second-order valence-corrected chi connectivity index (χ2v) is 7.06. The van der Waals surface area contributed by atoms with Crippen LogP contribution in [0.5, 0.6) is 0 Å². The molecule has 6 heteroatoms. The number of hydrogen-bond acceptors (Lipinski definition) is 5. The molecule has 0 saturated heterocycles. The number of thioether (sulfide) groups is 1. The molecule has 0 unspecified atom stereocenters. The second-order valence-electron chi connectivity index (χ2n) is 5.44. The Hall–Kier alpha value is -2.60. The van der Waals surface area contributed by atoms with Gasteiger partial charge < -0.3 is 9.73 Å². The third-order valence-corrected chi connectivity index (χ3v) is 4.33. The van der Waals surface area contributed by atoms with Crippen LogP contribution < -0.4 is 5.32 Å². The van der Waals surface area contributed by atoms with Gasteiger partial charge in [0, 0.05) is 21.4 Å². The van der Waals surface area contributed by atoms with E-state index in [1.54, 1.807) is 11.8 Å². The number of hydrogen-bond donors (Lipinski definition) is 1. The van der Waals surface area contributed by atoms with E-state index in [1.165, 1.54) is 6.39 Å². The first-order chi connectivity index (χ1) is 11.6. The summed E-state index contributed by atoms with van der Waals surface area (Å²) >= 11 is 1.68. The highest BCUT2D eigenvalue weighted by molar-refractivity contribution is 8.00. The van der Waals surface area contributed by atoms with Crippen molar-refractivity contribution in [3.8, 4) is 11.5 Å². The predicted molar refractivity (Wildman–Crippen MR) is 95.1 cm³/mol. The van der Waals surface area contributed by atoms with E-state index in [9.17, 15) is 4.79 Å². The van der Waals surface area contributed by atoms with Crippen LogP contribution in [0.4, 0.5) is 5.69 Å². The molecular formula is C18H17N3O2S. The number of rotatable bonds is 5. The molecular weight excluding hydrogens is 322 g/mol. The SMILES string of the molecule is CC(C)Sc1ccccc1C(=O)Nc1ccc(-c2nnco2)cc1. The standard InChI is InChI=1S/C18H17N3O2S/c1-12(2)24-16-6-4-3-5-15(16)17(22)20-14-9-7-13(8-10-14)18-21-19-11-23-18/h3-12H,1-2H3,(H,20,22). The zero-order chi connectivity index (χ0) is 16.9. The van der Waals surface area contributed by atoms with Gasteiger partial charge in [0.05, 0.1) is 5.56 Å². The molecule has 0 atom stereocenters. The normalized spacial score (nSPS) is 10.8. The molecule has 0 bridgehead atoms. The van der Waals surface area contributed by atoms with Crippen molar-refractivity contribution in [2.75, 3.05) is 5.32 Å². The fraction of sp³-hybridized carbons (Fsp3) is 0.167. The molecule has 0 radical (unpaired) electrons. The summed E-state index contributed by atoms with van der Waals surface area (Å²) < 4.78 is 5.15. The maximum absolute atomic E-state index is 12.6. The minimum atomic E-state index is -0.121. The molecule has 0 saturated carbocycles. The highest BCUT2D eigenvalue weighted by Gasteiger charge is 2.13. The average Bonchev–Trinajstić information content (AvgIpc) is 3.10. The van der Waals surface area contributed by atoms with E-state index in [1.807, 2.05) is 48.5 Å². The molecule has 24 heavy (non-hydrogen) atoms. The molecule has 1 N–H and O–H groups in total. The van der Waals surface area contributed by atoms with Crippen molar-refractivity contribution in [3.05, 3.63) is 60.5 Å². The Morgan fingerprint density at radius 2 is 1.88 bits per heavy atom. The molecule has 1 heterocycles. The fourth-order valence-corrected chi connectivity index (χ4v) is 3.16. The van der Waals surface area contributed by atoms with Crippen molar-refractivity contribution in [2.24, 2.45) is 0 Å². The molecule has 122 valence electrons. The summed E-state index contributed by atoms with van der Waals surface area (Å²) in [6, 6.07) is 14.9. The zero-order valence-electron chi connectivity index (χ0n) is 13.4. The topological polar surface area (TPSA) is 68.0 Å². The molecule has 0 spiro atoms. The van der Waals surface area contributed by atoms with Gasteiger partial charge in [-0.05, 0) is 36.4 Å². The van der Waals surface area contributed by atoms with Crippen LogP contribution in [0.2, 0.25) is 0 Å². The van der Waals surface area contributed by atoms with Gasteiger partial charge in [-0.1, -0.05) is 26.0 Å². The Labute approximate surface area is 144 Å². The van der Waals surface area contributed by atoms with E-state index in [4.69, 9.17) is 4.42 Å². The molecule has 0 aliphatic carbocycles. The van der Waals surface area contributed by atoms with Gasteiger partial charge in [-0.25, -0.2) is 0 Å². The number of nitrogens with zero attached hydrogens (tertiary/aromatic N) is 2. The predicted octanol–water partition coefficient (Wildman–Crippen LogP) is 4.49. The number of nitrogens with one attached hydrogen (secondary N) is 1. The lowest BCUT2D eigenvalue weighted by atomic mass is 10.2. The zero-order valence-corrected chi connectivity index (χ0v) is 14.2. The first-order valence-electron chi connectivity index (χ1n) is 7.57. The molecule has 0 aliphatic rings. The Balaban J connectivity index is 1.75. The van der Waals surface area contributed by atoms with Crippen molar-refractivity contribution >= 4 is 23.4 Å². The summed E-state index contributed by atoms with van der Waals surface area (Å²) in [5.41, 5.74) is 2.20. The van der Waals surface area contributed by atoms with Gasteiger partial charge >= 0.3 is 0 Å². The number of carbonyl (C=O) groups is 1. The third-order valence-electron chi connectivity index (χ3n) is 3.24. The van der Waals surface area contributed by atoms with Gasteiger partial charge in [0.1, 0.15) is 0 Å². The smallest absolute Gasteiger partial charge is 0.256 e. The second kappa shape index (κ2) is 7.31. The van der Waals surface area contributed by atoms with Crippen molar-refractivity contribution in [1.82, 2.24) is 10.2 Å². The van der Waals surface area contributed by atoms with E-state index in [-0.39, 0.29) is 5.91 Å². The van der Waals surface area contributed by atoms with Crippen LogP contribution in [0.3, 0.4) is 0 Å². The molecule has 2 aromatic carbocycles. The van der Waals surface area contributed by atoms with Gasteiger partial charge in [-0.15, -0.1) is 22.0 Å². The third kappa shape index (κ3) is 3.83. The van der Waals surface area contributed by atoms with E-state index in [0.29, 0.717) is 22.4 Å². The minimum Gasteiger partial charge on any atom is -0.423 e. The summed E-state index contributed by atoms with van der Waals surface area (Å²) in [6.45, 7) is 4.21. The van der Waals surface area contributed by atoms with E-state index in [2.05, 4.69) is 29.4 Å². The summed E-state index contributed by atoms with van der Waals surface area (Å²) in [7, 11) is 0. The van der Waals surface area contributed by atoms with Crippen LogP contribution in [0.25, 0.3) is 11.5 Å². The van der Waals surface area contributed by atoms with Gasteiger partial charge in [0.2, 0.25) is 12.3 Å². The average molecular weight is 339 g/mol. The fourth-order valence-electron chi connectivity index (χ4n) is 2.20. The monoisotopic (exact) mass is 339 g/mol. The van der Waals surface area contributed by atoms with Crippen LogP contribution >= 0.6 is 11.8 Å². The summed E-state index contributed by atoms with van der Waals surface area (Å²) in [6.07, 6.45) is 1.29. The molecule has 0 fully saturated rings. The highest BCUT2D eigenvalue weighted by atomic mass is 32.2. The lowest BCUT2D eigenvalue weighted by Gasteiger charge is -2.11. The van der Waals surface area contributed by atoms with Crippen molar-refractivity contribution in [3.63, 3.8) is 0 Å². The number of aromatic nitrogens is 2. The first-order valence-corrected chi connectivity index (χ1v) is 8.45. The van der Waals surface area contributed by atoms with Crippen molar-refractivity contribution < 1.29 is 9.21 Å². The van der Waals surface area contributed by atoms with E-state index >= 15 is 0 Å². The maximum atomic E-state index is 12.6. The maximum Gasteiger partial charge on any atom is 0.256 e. The number of benzene rings is 2. The quantitative estimate of drug-likeness (QED) is 0.694.